The minimum absolute atomic E-state index is 0.0500. The maximum Gasteiger partial charge on any atom is 0.250 e. The van der Waals surface area contributed by atoms with Crippen molar-refractivity contribution >= 4 is 46.6 Å². The minimum Gasteiger partial charge on any atom is -0.497 e. The molecule has 0 saturated heterocycles. The highest BCUT2D eigenvalue weighted by molar-refractivity contribution is 7.80. The van der Waals surface area contributed by atoms with Gasteiger partial charge in [0.05, 0.1) is 7.11 Å². The van der Waals surface area contributed by atoms with Gasteiger partial charge in [0.25, 0.3) is 0 Å². The summed E-state index contributed by atoms with van der Waals surface area (Å²) in [6.45, 7) is 0. The van der Waals surface area contributed by atoms with E-state index in [1.54, 1.807) is 37.5 Å². The van der Waals surface area contributed by atoms with E-state index in [4.69, 9.17) is 17.0 Å². The van der Waals surface area contributed by atoms with Crippen LogP contribution in [0.4, 0.5) is 11.4 Å². The Balaban J connectivity index is 1.42. The number of hydrogen-bond donors (Lipinski definition) is 3. The number of carbonyl (C=O) groups is 2. The number of carbonyl (C=O) groups excluding carboxylic acids is 2. The van der Waals surface area contributed by atoms with Crippen LogP contribution in [0.15, 0.2) is 84.9 Å². The number of thiocarbonyl (C=S) groups is 1. The average molecular weight is 460 g/mol. The second-order valence-corrected chi connectivity index (χ2v) is 7.57. The molecule has 0 atom stereocenters. The SMILES string of the molecule is COc1ccc(/C=C/C(=O)NC(=S)Nc2ccc(NC(=O)CCc3ccccc3)cc2)cc1. The Morgan fingerprint density at radius 1 is 0.879 bits per heavy atom. The van der Waals surface area contributed by atoms with Crippen LogP contribution in [-0.2, 0) is 16.0 Å². The van der Waals surface area contributed by atoms with Gasteiger partial charge in [-0.05, 0) is 72.2 Å². The van der Waals surface area contributed by atoms with Gasteiger partial charge in [-0.3, -0.25) is 14.9 Å². The summed E-state index contributed by atoms with van der Waals surface area (Å²) < 4.78 is 5.11. The topological polar surface area (TPSA) is 79.5 Å². The van der Waals surface area contributed by atoms with E-state index in [-0.39, 0.29) is 16.9 Å². The van der Waals surface area contributed by atoms with Crippen molar-refractivity contribution in [3.63, 3.8) is 0 Å². The van der Waals surface area contributed by atoms with E-state index in [0.717, 1.165) is 16.9 Å². The first-order valence-corrected chi connectivity index (χ1v) is 10.8. The predicted octanol–water partition coefficient (Wildman–Crippen LogP) is 4.79. The van der Waals surface area contributed by atoms with E-state index in [9.17, 15) is 9.59 Å². The lowest BCUT2D eigenvalue weighted by Crippen LogP contribution is -2.32. The van der Waals surface area contributed by atoms with E-state index < -0.39 is 0 Å². The van der Waals surface area contributed by atoms with Gasteiger partial charge in [-0.2, -0.15) is 0 Å². The fraction of sp³-hybridized carbons (Fsp3) is 0.115. The first-order chi connectivity index (χ1) is 16.0. The summed E-state index contributed by atoms with van der Waals surface area (Å²) in [7, 11) is 1.60. The molecule has 2 amide bonds. The van der Waals surface area contributed by atoms with Crippen molar-refractivity contribution in [1.82, 2.24) is 5.32 Å². The third-order valence-electron chi connectivity index (χ3n) is 4.69. The Labute approximate surface area is 198 Å². The van der Waals surface area contributed by atoms with Crippen LogP contribution in [0.2, 0.25) is 0 Å². The molecule has 3 N–H and O–H groups in total. The first-order valence-electron chi connectivity index (χ1n) is 10.4. The number of hydrogen-bond acceptors (Lipinski definition) is 4. The lowest BCUT2D eigenvalue weighted by Gasteiger charge is -2.10. The molecule has 0 unspecified atom stereocenters. The van der Waals surface area contributed by atoms with Gasteiger partial charge >= 0.3 is 0 Å². The third kappa shape index (κ3) is 8.23. The summed E-state index contributed by atoms with van der Waals surface area (Å²) in [6, 6.07) is 24.3. The zero-order valence-corrected chi connectivity index (χ0v) is 19.0. The summed E-state index contributed by atoms with van der Waals surface area (Å²) in [5.74, 6) is 0.358. The number of aryl methyl sites for hydroxylation is 1. The Bertz CT molecular complexity index is 1110. The molecule has 3 rings (SSSR count). The molecule has 7 heteroatoms. The largest absolute Gasteiger partial charge is 0.497 e. The fourth-order valence-electron chi connectivity index (χ4n) is 2.97. The quantitative estimate of drug-likeness (QED) is 0.333. The second kappa shape index (κ2) is 12.2. The van der Waals surface area contributed by atoms with Crippen LogP contribution in [-0.4, -0.2) is 24.0 Å². The second-order valence-electron chi connectivity index (χ2n) is 7.16. The van der Waals surface area contributed by atoms with Gasteiger partial charge in [0.2, 0.25) is 11.8 Å². The van der Waals surface area contributed by atoms with Gasteiger partial charge in [0, 0.05) is 23.9 Å². The lowest BCUT2D eigenvalue weighted by molar-refractivity contribution is -0.116. The zero-order chi connectivity index (χ0) is 23.5. The van der Waals surface area contributed by atoms with Crippen molar-refractivity contribution in [2.24, 2.45) is 0 Å². The smallest absolute Gasteiger partial charge is 0.250 e. The first kappa shape index (κ1) is 23.7. The van der Waals surface area contributed by atoms with Crippen molar-refractivity contribution < 1.29 is 14.3 Å². The number of methoxy groups -OCH3 is 1. The molecule has 0 fully saturated rings. The average Bonchev–Trinajstić information content (AvgIpc) is 2.83. The molecule has 6 nitrogen and oxygen atoms in total. The van der Waals surface area contributed by atoms with Crippen LogP contribution in [0.3, 0.4) is 0 Å². The van der Waals surface area contributed by atoms with Crippen molar-refractivity contribution in [2.45, 2.75) is 12.8 Å². The van der Waals surface area contributed by atoms with E-state index >= 15 is 0 Å². The van der Waals surface area contributed by atoms with Crippen molar-refractivity contribution in [2.75, 3.05) is 17.7 Å². The summed E-state index contributed by atoms with van der Waals surface area (Å²) in [5.41, 5.74) is 3.38. The summed E-state index contributed by atoms with van der Waals surface area (Å²) in [4.78, 5) is 24.2. The van der Waals surface area contributed by atoms with E-state index in [0.29, 0.717) is 24.2 Å². The molecule has 0 bridgehead atoms. The molecule has 0 heterocycles. The zero-order valence-electron chi connectivity index (χ0n) is 18.2. The maximum absolute atomic E-state index is 12.2. The molecular formula is C26H25N3O3S. The van der Waals surface area contributed by atoms with Crippen molar-refractivity contribution in [3.8, 4) is 5.75 Å². The standard InChI is InChI=1S/C26H25N3O3S/c1-32-23-15-7-20(8-16-23)10-18-25(31)29-26(33)28-22-13-11-21(12-14-22)27-24(30)17-9-19-5-3-2-4-6-19/h2-8,10-16,18H,9,17H2,1H3,(H,27,30)(H2,28,29,31,33)/b18-10+. The van der Waals surface area contributed by atoms with Gasteiger partial charge < -0.3 is 15.4 Å². The van der Waals surface area contributed by atoms with Crippen molar-refractivity contribution in [3.05, 3.63) is 96.1 Å². The highest BCUT2D eigenvalue weighted by atomic mass is 32.1. The van der Waals surface area contributed by atoms with Gasteiger partial charge in [-0.25, -0.2) is 0 Å². The molecule has 3 aromatic carbocycles. The monoisotopic (exact) mass is 459 g/mol. The Kier molecular flexibility index (Phi) is 8.73. The van der Waals surface area contributed by atoms with Crippen LogP contribution in [0.25, 0.3) is 6.08 Å². The molecule has 0 spiro atoms. The lowest BCUT2D eigenvalue weighted by atomic mass is 10.1. The van der Waals surface area contributed by atoms with E-state index in [2.05, 4.69) is 16.0 Å². The number of ether oxygens (including phenoxy) is 1. The van der Waals surface area contributed by atoms with Crippen LogP contribution in [0, 0.1) is 0 Å². The molecule has 168 valence electrons. The minimum atomic E-state index is -0.342. The fourth-order valence-corrected chi connectivity index (χ4v) is 3.18. The highest BCUT2D eigenvalue weighted by Crippen LogP contribution is 2.15. The van der Waals surface area contributed by atoms with Crippen LogP contribution in [0.5, 0.6) is 5.75 Å². The number of benzene rings is 3. The molecule has 0 aliphatic heterocycles. The Morgan fingerprint density at radius 2 is 1.52 bits per heavy atom. The third-order valence-corrected chi connectivity index (χ3v) is 4.89. The van der Waals surface area contributed by atoms with Gasteiger partial charge in [-0.15, -0.1) is 0 Å². The Hall–Kier alpha value is -3.97. The number of nitrogens with one attached hydrogen (secondary N) is 3. The number of rotatable bonds is 8. The molecule has 0 aliphatic rings. The normalized spacial score (nSPS) is 10.5. The van der Waals surface area contributed by atoms with Crippen LogP contribution < -0.4 is 20.7 Å². The van der Waals surface area contributed by atoms with Crippen LogP contribution in [0.1, 0.15) is 17.5 Å². The van der Waals surface area contributed by atoms with Crippen molar-refractivity contribution in [1.29, 1.82) is 0 Å². The summed E-state index contributed by atoms with van der Waals surface area (Å²) >= 11 is 5.20. The maximum atomic E-state index is 12.2. The molecule has 0 radical (unpaired) electrons. The molecule has 3 aromatic rings. The van der Waals surface area contributed by atoms with Gasteiger partial charge in [-0.1, -0.05) is 42.5 Å². The molecule has 33 heavy (non-hydrogen) atoms. The highest BCUT2D eigenvalue weighted by Gasteiger charge is 2.05. The summed E-state index contributed by atoms with van der Waals surface area (Å²) in [6.07, 6.45) is 4.19. The number of anilines is 2. The molecule has 0 aromatic heterocycles. The van der Waals surface area contributed by atoms with Gasteiger partial charge in [0.15, 0.2) is 5.11 Å². The van der Waals surface area contributed by atoms with E-state index in [1.165, 1.54) is 6.08 Å². The summed E-state index contributed by atoms with van der Waals surface area (Å²) in [5, 5.41) is 8.61. The molecular weight excluding hydrogens is 434 g/mol. The number of amides is 2. The predicted molar refractivity (Wildman–Crippen MR) is 136 cm³/mol. The molecule has 0 saturated carbocycles. The Morgan fingerprint density at radius 3 is 2.15 bits per heavy atom. The van der Waals surface area contributed by atoms with Gasteiger partial charge in [0.1, 0.15) is 5.75 Å². The molecule has 0 aliphatic carbocycles. The van der Waals surface area contributed by atoms with Crippen LogP contribution >= 0.6 is 12.2 Å². The van der Waals surface area contributed by atoms with E-state index in [1.807, 2.05) is 54.6 Å².